The molecule has 0 saturated heterocycles. The summed E-state index contributed by atoms with van der Waals surface area (Å²) in [5, 5.41) is 5.65. The number of fused-ring (bicyclic) bond motifs is 1. The number of hydrogen-bond acceptors (Lipinski definition) is 4. The van der Waals surface area contributed by atoms with Gasteiger partial charge in [-0.2, -0.15) is 0 Å². The molecule has 7 heteroatoms. The lowest BCUT2D eigenvalue weighted by Gasteiger charge is -2.17. The number of nitrogens with one attached hydrogen (secondary N) is 2. The minimum absolute atomic E-state index is 0.0188. The van der Waals surface area contributed by atoms with Crippen molar-refractivity contribution in [1.82, 2.24) is 20.2 Å². The van der Waals surface area contributed by atoms with Gasteiger partial charge in [0.05, 0.1) is 18.5 Å². The highest BCUT2D eigenvalue weighted by Crippen LogP contribution is 2.21. The standard InChI is InChI=1S/C17H22N4O3/c1-11(2)19-17(23)15-20-14(13-7-3-4-8-21(13)15)16(22)18-10-12-6-5-9-24-12/h5-6,9,11H,3-4,7-8,10H2,1-2H3,(H,18,22)(H,19,23). The van der Waals surface area contributed by atoms with Crippen LogP contribution in [-0.4, -0.2) is 27.4 Å². The van der Waals surface area contributed by atoms with Crippen LogP contribution in [0.5, 0.6) is 0 Å². The Labute approximate surface area is 140 Å². The van der Waals surface area contributed by atoms with Gasteiger partial charge >= 0.3 is 0 Å². The molecule has 24 heavy (non-hydrogen) atoms. The van der Waals surface area contributed by atoms with E-state index in [-0.39, 0.29) is 17.9 Å². The first-order valence-corrected chi connectivity index (χ1v) is 8.27. The SMILES string of the molecule is CC(C)NC(=O)c1nc(C(=O)NCc2ccco2)c2n1CCCC2. The van der Waals surface area contributed by atoms with Gasteiger partial charge in [0.1, 0.15) is 11.5 Å². The number of aromatic nitrogens is 2. The predicted molar refractivity (Wildman–Crippen MR) is 87.6 cm³/mol. The first kappa shape index (κ1) is 16.3. The minimum Gasteiger partial charge on any atom is -0.467 e. The van der Waals surface area contributed by atoms with Gasteiger partial charge in [-0.3, -0.25) is 9.59 Å². The maximum Gasteiger partial charge on any atom is 0.287 e. The van der Waals surface area contributed by atoms with Crippen molar-refractivity contribution in [2.75, 3.05) is 0 Å². The topological polar surface area (TPSA) is 89.2 Å². The molecule has 3 rings (SSSR count). The lowest BCUT2D eigenvalue weighted by atomic mass is 10.1. The van der Waals surface area contributed by atoms with E-state index in [1.165, 1.54) is 0 Å². The smallest absolute Gasteiger partial charge is 0.287 e. The van der Waals surface area contributed by atoms with Crippen LogP contribution < -0.4 is 10.6 Å². The molecular weight excluding hydrogens is 308 g/mol. The highest BCUT2D eigenvalue weighted by atomic mass is 16.3. The van der Waals surface area contributed by atoms with Gasteiger partial charge < -0.3 is 19.6 Å². The lowest BCUT2D eigenvalue weighted by molar-refractivity contribution is 0.0927. The van der Waals surface area contributed by atoms with Crippen LogP contribution in [0.2, 0.25) is 0 Å². The summed E-state index contributed by atoms with van der Waals surface area (Å²) in [5.41, 5.74) is 1.18. The highest BCUT2D eigenvalue weighted by molar-refractivity contribution is 5.97. The molecule has 0 aliphatic carbocycles. The average molecular weight is 330 g/mol. The number of imidazole rings is 1. The monoisotopic (exact) mass is 330 g/mol. The predicted octanol–water partition coefficient (Wildman–Crippen LogP) is 1.88. The fourth-order valence-electron chi connectivity index (χ4n) is 2.89. The van der Waals surface area contributed by atoms with Crippen LogP contribution in [-0.2, 0) is 19.5 Å². The molecule has 0 aromatic carbocycles. The Kier molecular flexibility index (Phi) is 4.69. The molecule has 0 saturated carbocycles. The first-order chi connectivity index (χ1) is 11.6. The van der Waals surface area contributed by atoms with Gasteiger partial charge in [-0.15, -0.1) is 0 Å². The molecule has 0 spiro atoms. The summed E-state index contributed by atoms with van der Waals surface area (Å²) in [6.07, 6.45) is 4.30. The Hall–Kier alpha value is -2.57. The van der Waals surface area contributed by atoms with Crippen molar-refractivity contribution in [3.63, 3.8) is 0 Å². The quantitative estimate of drug-likeness (QED) is 0.876. The Bertz CT molecular complexity index is 731. The van der Waals surface area contributed by atoms with E-state index in [9.17, 15) is 9.59 Å². The van der Waals surface area contributed by atoms with Crippen LogP contribution in [0, 0.1) is 0 Å². The molecule has 7 nitrogen and oxygen atoms in total. The van der Waals surface area contributed by atoms with Crippen LogP contribution in [0.15, 0.2) is 22.8 Å². The van der Waals surface area contributed by atoms with Crippen LogP contribution >= 0.6 is 0 Å². The number of amides is 2. The van der Waals surface area contributed by atoms with Crippen molar-refractivity contribution >= 4 is 11.8 Å². The van der Waals surface area contributed by atoms with Crippen molar-refractivity contribution < 1.29 is 14.0 Å². The molecule has 3 heterocycles. The van der Waals surface area contributed by atoms with E-state index in [1.54, 1.807) is 18.4 Å². The normalized spacial score (nSPS) is 13.6. The molecule has 0 unspecified atom stereocenters. The summed E-state index contributed by atoms with van der Waals surface area (Å²) in [7, 11) is 0. The van der Waals surface area contributed by atoms with Crippen LogP contribution in [0.1, 0.15) is 59.3 Å². The Morgan fingerprint density at radius 3 is 2.88 bits per heavy atom. The van der Waals surface area contributed by atoms with Gasteiger partial charge in [-0.1, -0.05) is 0 Å². The molecule has 0 radical (unpaired) electrons. The van der Waals surface area contributed by atoms with Gasteiger partial charge in [0, 0.05) is 12.6 Å². The number of hydrogen-bond donors (Lipinski definition) is 2. The van der Waals surface area contributed by atoms with Gasteiger partial charge in [0.25, 0.3) is 11.8 Å². The molecule has 1 aliphatic heterocycles. The molecule has 1 aliphatic rings. The third kappa shape index (κ3) is 3.34. The summed E-state index contributed by atoms with van der Waals surface area (Å²) in [5.74, 6) is 0.481. The van der Waals surface area contributed by atoms with Gasteiger partial charge in [0.15, 0.2) is 5.82 Å². The lowest BCUT2D eigenvalue weighted by Crippen LogP contribution is -2.33. The molecular formula is C17H22N4O3. The zero-order chi connectivity index (χ0) is 17.1. The number of rotatable bonds is 5. The van der Waals surface area contributed by atoms with Crippen molar-refractivity contribution in [2.24, 2.45) is 0 Å². The zero-order valence-corrected chi connectivity index (χ0v) is 14.0. The number of carbonyl (C=O) groups is 2. The first-order valence-electron chi connectivity index (χ1n) is 8.27. The van der Waals surface area contributed by atoms with Crippen LogP contribution in [0.25, 0.3) is 0 Å². The van der Waals surface area contributed by atoms with Crippen molar-refractivity contribution in [3.05, 3.63) is 41.4 Å². The molecule has 2 amide bonds. The third-order valence-corrected chi connectivity index (χ3v) is 3.96. The molecule has 0 atom stereocenters. The molecule has 128 valence electrons. The highest BCUT2D eigenvalue weighted by Gasteiger charge is 2.27. The van der Waals surface area contributed by atoms with Gasteiger partial charge in [-0.05, 0) is 45.2 Å². The summed E-state index contributed by atoms with van der Waals surface area (Å²) in [6.45, 7) is 4.81. The largest absolute Gasteiger partial charge is 0.467 e. The second-order valence-corrected chi connectivity index (χ2v) is 6.23. The molecule has 2 aromatic rings. The zero-order valence-electron chi connectivity index (χ0n) is 14.0. The van der Waals surface area contributed by atoms with Crippen molar-refractivity contribution in [1.29, 1.82) is 0 Å². The van der Waals surface area contributed by atoms with E-state index in [2.05, 4.69) is 15.6 Å². The molecule has 0 bridgehead atoms. The van der Waals surface area contributed by atoms with Crippen molar-refractivity contribution in [2.45, 2.75) is 52.2 Å². The number of nitrogens with zero attached hydrogens (tertiary/aromatic N) is 2. The fourth-order valence-corrected chi connectivity index (χ4v) is 2.89. The van der Waals surface area contributed by atoms with Crippen LogP contribution in [0.4, 0.5) is 0 Å². The number of furan rings is 1. The number of carbonyl (C=O) groups excluding carboxylic acids is 2. The summed E-state index contributed by atoms with van der Waals surface area (Å²) >= 11 is 0. The molecule has 2 aromatic heterocycles. The fraction of sp³-hybridized carbons (Fsp3) is 0.471. The second-order valence-electron chi connectivity index (χ2n) is 6.23. The second kappa shape index (κ2) is 6.90. The van der Waals surface area contributed by atoms with E-state index < -0.39 is 0 Å². The van der Waals surface area contributed by atoms with Crippen molar-refractivity contribution in [3.8, 4) is 0 Å². The Balaban J connectivity index is 1.83. The van der Waals surface area contributed by atoms with E-state index in [4.69, 9.17) is 4.42 Å². The molecule has 2 N–H and O–H groups in total. The third-order valence-electron chi connectivity index (χ3n) is 3.96. The summed E-state index contributed by atoms with van der Waals surface area (Å²) in [4.78, 5) is 29.2. The average Bonchev–Trinajstić information content (AvgIpc) is 3.19. The van der Waals surface area contributed by atoms with E-state index in [0.717, 1.165) is 25.0 Å². The van der Waals surface area contributed by atoms with Crippen LogP contribution in [0.3, 0.4) is 0 Å². The maximum absolute atomic E-state index is 12.5. The van der Waals surface area contributed by atoms with Gasteiger partial charge in [-0.25, -0.2) is 4.98 Å². The Morgan fingerprint density at radius 2 is 2.17 bits per heavy atom. The van der Waals surface area contributed by atoms with E-state index in [1.807, 2.05) is 18.4 Å². The summed E-state index contributed by atoms with van der Waals surface area (Å²) < 4.78 is 7.09. The van der Waals surface area contributed by atoms with Gasteiger partial charge in [0.2, 0.25) is 0 Å². The maximum atomic E-state index is 12.5. The Morgan fingerprint density at radius 1 is 1.33 bits per heavy atom. The summed E-state index contributed by atoms with van der Waals surface area (Å²) in [6, 6.07) is 3.59. The minimum atomic E-state index is -0.277. The van der Waals surface area contributed by atoms with E-state index in [0.29, 0.717) is 30.4 Å². The van der Waals surface area contributed by atoms with E-state index >= 15 is 0 Å². The molecule has 0 fully saturated rings.